The monoisotopic (exact) mass is 593 g/mol. The Kier molecular flexibility index (Phi) is 6.66. The van der Waals surface area contributed by atoms with Crippen LogP contribution >= 0.6 is 0 Å². The molecule has 1 saturated carbocycles. The van der Waals surface area contributed by atoms with Crippen LogP contribution in [0.2, 0.25) is 0 Å². The molecule has 2 aliphatic heterocycles. The maximum atomic E-state index is 13.7. The molecule has 3 aliphatic rings. The summed E-state index contributed by atoms with van der Waals surface area (Å²) in [6.45, 7) is 8.33. The molecular weight excluding hydrogens is 560 g/mol. The summed E-state index contributed by atoms with van der Waals surface area (Å²) in [7, 11) is 1.97. The van der Waals surface area contributed by atoms with Gasteiger partial charge < -0.3 is 10.0 Å². The molecule has 2 unspecified atom stereocenters. The second-order valence-corrected chi connectivity index (χ2v) is 12.7. The van der Waals surface area contributed by atoms with Crippen LogP contribution in [0.1, 0.15) is 44.4 Å². The minimum absolute atomic E-state index is 0.0943. The number of nitrogens with zero attached hydrogens (tertiary/aromatic N) is 4. The number of nitro groups is 2. The highest BCUT2D eigenvalue weighted by atomic mass is 16.6. The topological polar surface area (TPSA) is 130 Å². The van der Waals surface area contributed by atoms with Crippen molar-refractivity contribution in [1.82, 2.24) is 0 Å². The Bertz CT molecular complexity index is 1840. The van der Waals surface area contributed by atoms with Gasteiger partial charge in [0.15, 0.2) is 18.0 Å². The number of ketones is 1. The molecule has 10 nitrogen and oxygen atoms in total. The molecule has 0 aromatic heterocycles. The predicted molar refractivity (Wildman–Crippen MR) is 166 cm³/mol. The maximum Gasteiger partial charge on any atom is 0.276 e. The molecule has 1 N–H and O–H groups in total. The Morgan fingerprint density at radius 3 is 2.09 bits per heavy atom. The standard InChI is InChI=1S/C34H33N4O6/c1-33(2)25-10-6-8-12-27(25)35(5)29(33)17-23-31(39)24(32(23)40)18-30-34(3,4)26-11-7-9-13-28(26)36(30)19-20-14-21(37(41)42)16-22(15-20)38(43)44/h6-18,23,31,39H,19H2,1-5H3/q+1. The highest BCUT2D eigenvalue weighted by Gasteiger charge is 2.50. The van der Waals surface area contributed by atoms with Gasteiger partial charge in [0.05, 0.1) is 33.3 Å². The predicted octanol–water partition coefficient (Wildman–Crippen LogP) is 5.88. The van der Waals surface area contributed by atoms with Gasteiger partial charge >= 0.3 is 0 Å². The molecular formula is C34H33N4O6+. The maximum absolute atomic E-state index is 13.7. The number of benzene rings is 3. The lowest BCUT2D eigenvalue weighted by molar-refractivity contribution is -0.455. The van der Waals surface area contributed by atoms with Gasteiger partial charge in [0.25, 0.3) is 11.4 Å². The molecule has 1 aliphatic carbocycles. The highest BCUT2D eigenvalue weighted by Crippen LogP contribution is 2.48. The fourth-order valence-electron chi connectivity index (χ4n) is 6.93. The van der Waals surface area contributed by atoms with Crippen molar-refractivity contribution in [2.24, 2.45) is 5.92 Å². The zero-order valence-electron chi connectivity index (χ0n) is 25.1. The van der Waals surface area contributed by atoms with Gasteiger partial charge in [0.1, 0.15) is 0 Å². The summed E-state index contributed by atoms with van der Waals surface area (Å²) in [5.74, 6) is -0.872. The number of hydrogen-bond donors (Lipinski definition) is 1. The van der Waals surface area contributed by atoms with Gasteiger partial charge in [-0.3, -0.25) is 25.0 Å². The van der Waals surface area contributed by atoms with Gasteiger partial charge in [-0.2, -0.15) is 4.58 Å². The van der Waals surface area contributed by atoms with Crippen LogP contribution in [0.15, 0.2) is 90.2 Å². The number of Topliss-reactive ketones (excluding diaryl/α,β-unsaturated/α-hetero) is 1. The van der Waals surface area contributed by atoms with Crippen molar-refractivity contribution in [3.63, 3.8) is 0 Å². The summed E-state index contributed by atoms with van der Waals surface area (Å²) in [5, 5.41) is 34.5. The normalized spacial score (nSPS) is 23.1. The van der Waals surface area contributed by atoms with Crippen LogP contribution in [-0.2, 0) is 22.2 Å². The van der Waals surface area contributed by atoms with Crippen LogP contribution in [-0.4, -0.2) is 44.2 Å². The van der Waals surface area contributed by atoms with Gasteiger partial charge in [-0.1, -0.05) is 56.3 Å². The number of fused-ring (bicyclic) bond motifs is 2. The van der Waals surface area contributed by atoms with E-state index in [0.717, 1.165) is 34.3 Å². The molecule has 3 aromatic rings. The number of nitro benzene ring substituents is 2. The van der Waals surface area contributed by atoms with Crippen molar-refractivity contribution < 1.29 is 24.3 Å². The smallest absolute Gasteiger partial charge is 0.276 e. The van der Waals surface area contributed by atoms with Crippen LogP contribution in [0.5, 0.6) is 0 Å². The summed E-state index contributed by atoms with van der Waals surface area (Å²) >= 11 is 0. The molecule has 1 fully saturated rings. The molecule has 3 aromatic carbocycles. The Labute approximate surface area is 254 Å². The SMILES string of the molecule is CN1C(=CC2C(=O)C(=CC3=[N+](Cc4cc([N+](=O)[O-])cc([N+](=O)[O-])c4)c4ccccc4C3(C)C)C2O)C(C)(C)c2ccccc21. The molecule has 224 valence electrons. The first-order valence-corrected chi connectivity index (χ1v) is 14.4. The van der Waals surface area contributed by atoms with Crippen molar-refractivity contribution >= 4 is 34.2 Å². The second-order valence-electron chi connectivity index (χ2n) is 12.7. The van der Waals surface area contributed by atoms with E-state index in [1.54, 1.807) is 6.08 Å². The molecule has 6 rings (SSSR count). The van der Waals surface area contributed by atoms with E-state index in [1.165, 1.54) is 12.1 Å². The van der Waals surface area contributed by atoms with Crippen molar-refractivity contribution in [2.45, 2.75) is 51.2 Å². The first-order chi connectivity index (χ1) is 20.7. The van der Waals surface area contributed by atoms with Crippen molar-refractivity contribution in [1.29, 1.82) is 0 Å². The molecule has 2 heterocycles. The van der Waals surface area contributed by atoms with Crippen LogP contribution in [0, 0.1) is 26.1 Å². The number of anilines is 1. The first-order valence-electron chi connectivity index (χ1n) is 14.4. The van der Waals surface area contributed by atoms with E-state index in [2.05, 4.69) is 24.8 Å². The third-order valence-electron chi connectivity index (χ3n) is 9.34. The number of rotatable bonds is 6. The zero-order valence-corrected chi connectivity index (χ0v) is 25.1. The van der Waals surface area contributed by atoms with E-state index in [1.807, 2.05) is 74.0 Å². The van der Waals surface area contributed by atoms with E-state index in [-0.39, 0.29) is 34.7 Å². The number of aliphatic hydroxyl groups excluding tert-OH is 1. The Hall–Kier alpha value is -4.96. The summed E-state index contributed by atoms with van der Waals surface area (Å²) in [6, 6.07) is 19.4. The minimum Gasteiger partial charge on any atom is -0.387 e. The van der Waals surface area contributed by atoms with Crippen LogP contribution in [0.4, 0.5) is 22.7 Å². The molecule has 44 heavy (non-hydrogen) atoms. The third kappa shape index (κ3) is 4.36. The molecule has 0 radical (unpaired) electrons. The molecule has 0 bridgehead atoms. The average Bonchev–Trinajstić information content (AvgIpc) is 3.32. The summed E-state index contributed by atoms with van der Waals surface area (Å²) in [5.41, 5.74) is 4.68. The number of hydrogen-bond acceptors (Lipinski definition) is 7. The number of likely N-dealkylation sites (N-methyl/N-ethyl adjacent to an activating group) is 1. The fourth-order valence-corrected chi connectivity index (χ4v) is 6.93. The number of allylic oxidation sites excluding steroid dienone is 2. The number of non-ortho nitro benzene ring substituents is 2. The van der Waals surface area contributed by atoms with Gasteiger partial charge in [0.2, 0.25) is 5.69 Å². The number of para-hydroxylation sites is 2. The van der Waals surface area contributed by atoms with Gasteiger partial charge in [-0.15, -0.1) is 0 Å². The molecule has 0 spiro atoms. The lowest BCUT2D eigenvalue weighted by atomic mass is 9.71. The average molecular weight is 594 g/mol. The minimum atomic E-state index is -1.02. The van der Waals surface area contributed by atoms with E-state index in [4.69, 9.17) is 0 Å². The zero-order chi connectivity index (χ0) is 31.7. The van der Waals surface area contributed by atoms with Crippen LogP contribution in [0.3, 0.4) is 0 Å². The molecule has 2 atom stereocenters. The van der Waals surface area contributed by atoms with Gasteiger partial charge in [-0.05, 0) is 25.5 Å². The largest absolute Gasteiger partial charge is 0.387 e. The van der Waals surface area contributed by atoms with Crippen molar-refractivity contribution in [2.75, 3.05) is 11.9 Å². The van der Waals surface area contributed by atoms with Crippen molar-refractivity contribution in [3.05, 3.63) is 127 Å². The second kappa shape index (κ2) is 10.1. The lowest BCUT2D eigenvalue weighted by Crippen LogP contribution is -2.46. The van der Waals surface area contributed by atoms with Gasteiger partial charge in [-0.25, -0.2) is 0 Å². The quantitative estimate of drug-likeness (QED) is 0.164. The summed E-state index contributed by atoms with van der Waals surface area (Å²) in [4.78, 5) is 37.5. The highest BCUT2D eigenvalue weighted by molar-refractivity contribution is 6.14. The van der Waals surface area contributed by atoms with Crippen molar-refractivity contribution in [3.8, 4) is 0 Å². The van der Waals surface area contributed by atoms with E-state index < -0.39 is 27.3 Å². The fraction of sp³-hybridized carbons (Fsp3) is 0.294. The molecule has 0 saturated heterocycles. The van der Waals surface area contributed by atoms with E-state index >= 15 is 0 Å². The molecule has 10 heteroatoms. The number of carbonyl (C=O) groups is 1. The first kappa shape index (κ1) is 29.1. The van der Waals surface area contributed by atoms with E-state index in [0.29, 0.717) is 11.3 Å². The number of carbonyl (C=O) groups excluding carboxylic acids is 1. The summed E-state index contributed by atoms with van der Waals surface area (Å²) in [6.07, 6.45) is 2.59. The van der Waals surface area contributed by atoms with Crippen LogP contribution in [0.25, 0.3) is 0 Å². The summed E-state index contributed by atoms with van der Waals surface area (Å²) < 4.78 is 1.92. The Morgan fingerprint density at radius 2 is 1.50 bits per heavy atom. The lowest BCUT2D eigenvalue weighted by Gasteiger charge is -2.35. The van der Waals surface area contributed by atoms with Gasteiger partial charge in [0, 0.05) is 64.8 Å². The Morgan fingerprint density at radius 1 is 0.909 bits per heavy atom. The van der Waals surface area contributed by atoms with E-state index in [9.17, 15) is 30.1 Å². The molecule has 0 amide bonds. The number of aliphatic hydroxyl groups is 1. The Balaban J connectivity index is 1.40. The third-order valence-corrected chi connectivity index (χ3v) is 9.34. The van der Waals surface area contributed by atoms with Crippen LogP contribution < -0.4 is 4.90 Å².